The number of carbonyl (C=O) groups excluding carboxylic acids is 1. The van der Waals surface area contributed by atoms with Crippen LogP contribution in [0.1, 0.15) is 258 Å². The molecule has 3 N–H and O–H groups in total. The molecule has 0 aliphatic carbocycles. The van der Waals surface area contributed by atoms with Crippen molar-refractivity contribution in [3.63, 3.8) is 0 Å². The minimum atomic E-state index is -4.28. The van der Waals surface area contributed by atoms with E-state index >= 15 is 0 Å². The van der Waals surface area contributed by atoms with Crippen LogP contribution in [0.2, 0.25) is 0 Å². The van der Waals surface area contributed by atoms with E-state index in [1.165, 1.54) is 205 Å². The van der Waals surface area contributed by atoms with Crippen LogP contribution in [0.4, 0.5) is 0 Å². The molecule has 0 aromatic heterocycles. The maximum atomic E-state index is 12.6. The lowest BCUT2D eigenvalue weighted by Crippen LogP contribution is -2.28. The number of carbonyl (C=O) groups is 1. The molecule has 0 radical (unpaired) electrons. The second-order valence-electron chi connectivity index (χ2n) is 17.4. The Balaban J connectivity index is 3.92. The average molecular weight is 870 g/mol. The average Bonchev–Trinajstić information content (AvgIpc) is 3.24. The van der Waals surface area contributed by atoms with E-state index in [1.807, 2.05) is 0 Å². The van der Waals surface area contributed by atoms with Gasteiger partial charge in [-0.05, 0) is 64.2 Å². The van der Waals surface area contributed by atoms with Gasteiger partial charge in [0.1, 0.15) is 6.10 Å². The van der Waals surface area contributed by atoms with E-state index in [0.29, 0.717) is 13.0 Å². The number of hydrogen-bond donors (Lipinski definition) is 2. The molecule has 2 unspecified atom stereocenters. The van der Waals surface area contributed by atoms with Crippen molar-refractivity contribution < 1.29 is 32.8 Å². The van der Waals surface area contributed by atoms with E-state index in [4.69, 9.17) is 24.3 Å². The van der Waals surface area contributed by atoms with Crippen molar-refractivity contribution in [1.82, 2.24) is 0 Å². The number of phosphoric acid groups is 1. The first-order valence-electron chi connectivity index (χ1n) is 25.8. The van der Waals surface area contributed by atoms with Gasteiger partial charge < -0.3 is 20.1 Å². The summed E-state index contributed by atoms with van der Waals surface area (Å²) in [5.41, 5.74) is 5.39. The zero-order valence-electron chi connectivity index (χ0n) is 39.7. The minimum absolute atomic E-state index is 0.0942. The molecule has 9 heteroatoms. The Morgan fingerprint density at radius 3 is 1.22 bits per heavy atom. The molecule has 0 aliphatic heterocycles. The molecule has 0 bridgehead atoms. The molecular formula is C51H100NO7P. The van der Waals surface area contributed by atoms with Crippen LogP contribution < -0.4 is 5.73 Å². The van der Waals surface area contributed by atoms with E-state index in [2.05, 4.69) is 38.2 Å². The van der Waals surface area contributed by atoms with Gasteiger partial charge in [-0.25, -0.2) is 4.57 Å². The fourth-order valence-corrected chi connectivity index (χ4v) is 8.28. The van der Waals surface area contributed by atoms with E-state index in [-0.39, 0.29) is 32.3 Å². The van der Waals surface area contributed by atoms with E-state index in [1.54, 1.807) is 0 Å². The van der Waals surface area contributed by atoms with Crippen LogP contribution in [0.5, 0.6) is 0 Å². The van der Waals surface area contributed by atoms with Crippen molar-refractivity contribution in [2.75, 3.05) is 33.0 Å². The fourth-order valence-electron chi connectivity index (χ4n) is 7.52. The molecule has 0 amide bonds. The van der Waals surface area contributed by atoms with Gasteiger partial charge in [-0.3, -0.25) is 13.8 Å². The molecule has 2 atom stereocenters. The maximum absolute atomic E-state index is 12.6. The molecular weight excluding hydrogens is 770 g/mol. The number of allylic oxidation sites excluding steroid dienone is 4. The van der Waals surface area contributed by atoms with Gasteiger partial charge in [-0.1, -0.05) is 212 Å². The smallest absolute Gasteiger partial charge is 0.457 e. The first-order chi connectivity index (χ1) is 29.4. The van der Waals surface area contributed by atoms with Crippen molar-refractivity contribution in [2.45, 2.75) is 264 Å². The molecule has 60 heavy (non-hydrogen) atoms. The van der Waals surface area contributed by atoms with E-state index in [0.717, 1.165) is 32.1 Å². The van der Waals surface area contributed by atoms with Crippen LogP contribution in [0.3, 0.4) is 0 Å². The van der Waals surface area contributed by atoms with Crippen LogP contribution in [-0.4, -0.2) is 49.9 Å². The molecule has 0 rings (SSSR count). The van der Waals surface area contributed by atoms with Crippen LogP contribution in [-0.2, 0) is 27.9 Å². The Morgan fingerprint density at radius 2 is 0.833 bits per heavy atom. The third kappa shape index (κ3) is 48.0. The Morgan fingerprint density at radius 1 is 0.483 bits per heavy atom. The predicted molar refractivity (Wildman–Crippen MR) is 257 cm³/mol. The number of ether oxygens (including phenoxy) is 2. The minimum Gasteiger partial charge on any atom is -0.457 e. The Labute approximate surface area is 372 Å². The van der Waals surface area contributed by atoms with Crippen molar-refractivity contribution in [3.05, 3.63) is 24.3 Å². The Kier molecular flexibility index (Phi) is 48.2. The number of rotatable bonds is 50. The molecule has 0 spiro atoms. The SMILES string of the molecule is CCCCCCCC/C=C\CCCCCCCCCCCC(=O)OC(COCCCCCCCCCCCC/C=C\CCCCCCCCCC)COP(=O)(O)OCCN. The maximum Gasteiger partial charge on any atom is 0.472 e. The summed E-state index contributed by atoms with van der Waals surface area (Å²) in [5, 5.41) is 0. The Hall–Kier alpha value is -1.02. The molecule has 0 heterocycles. The van der Waals surface area contributed by atoms with E-state index in [9.17, 15) is 14.3 Å². The number of unbranched alkanes of at least 4 members (excludes halogenated alkanes) is 33. The van der Waals surface area contributed by atoms with Gasteiger partial charge in [0, 0.05) is 19.6 Å². The summed E-state index contributed by atoms with van der Waals surface area (Å²) in [5.74, 6) is -0.329. The molecule has 0 saturated carbocycles. The lowest BCUT2D eigenvalue weighted by Gasteiger charge is -2.20. The van der Waals surface area contributed by atoms with Crippen molar-refractivity contribution in [2.24, 2.45) is 5.73 Å². The first kappa shape index (κ1) is 59.0. The highest BCUT2D eigenvalue weighted by molar-refractivity contribution is 7.47. The zero-order valence-corrected chi connectivity index (χ0v) is 40.6. The van der Waals surface area contributed by atoms with Crippen LogP contribution >= 0.6 is 7.82 Å². The van der Waals surface area contributed by atoms with Gasteiger partial charge in [0.15, 0.2) is 0 Å². The largest absolute Gasteiger partial charge is 0.472 e. The first-order valence-corrected chi connectivity index (χ1v) is 27.3. The monoisotopic (exact) mass is 870 g/mol. The highest BCUT2D eigenvalue weighted by Crippen LogP contribution is 2.43. The highest BCUT2D eigenvalue weighted by Gasteiger charge is 2.25. The van der Waals surface area contributed by atoms with Crippen molar-refractivity contribution in [1.29, 1.82) is 0 Å². The lowest BCUT2D eigenvalue weighted by atomic mass is 10.1. The quantitative estimate of drug-likeness (QED) is 0.0269. The normalized spacial score (nSPS) is 13.5. The van der Waals surface area contributed by atoms with Crippen molar-refractivity contribution >= 4 is 13.8 Å². The molecule has 0 saturated heterocycles. The summed E-state index contributed by atoms with van der Waals surface area (Å²) in [6, 6.07) is 0. The van der Waals surface area contributed by atoms with Gasteiger partial charge in [-0.15, -0.1) is 0 Å². The summed E-state index contributed by atoms with van der Waals surface area (Å²) in [6.07, 6.45) is 56.4. The van der Waals surface area contributed by atoms with Gasteiger partial charge in [0.25, 0.3) is 0 Å². The highest BCUT2D eigenvalue weighted by atomic mass is 31.2. The predicted octanol–water partition coefficient (Wildman–Crippen LogP) is 16.0. The molecule has 0 aliphatic rings. The molecule has 356 valence electrons. The number of esters is 1. The molecule has 8 nitrogen and oxygen atoms in total. The number of phosphoric ester groups is 1. The third-order valence-corrected chi connectivity index (χ3v) is 12.3. The standard InChI is InChI=1S/C51H100NO7P/c1-3-5-7-9-11-13-15-17-19-21-23-24-25-27-29-31-33-35-37-39-41-43-46-56-48-50(49-58-60(54,55)57-47-45-52)59-51(53)44-42-40-38-36-34-32-30-28-26-22-20-18-16-14-12-10-8-6-4-2/h18,20-21,23,50H,3-17,19,22,24-49,52H2,1-2H3,(H,54,55)/b20-18-,23-21-. The number of nitrogens with two attached hydrogens (primary N) is 1. The summed E-state index contributed by atoms with van der Waals surface area (Å²) < 4.78 is 33.6. The van der Waals surface area contributed by atoms with Crippen LogP contribution in [0, 0.1) is 0 Å². The summed E-state index contributed by atoms with van der Waals surface area (Å²) in [6.45, 7) is 4.96. The summed E-state index contributed by atoms with van der Waals surface area (Å²) in [7, 11) is -4.28. The van der Waals surface area contributed by atoms with Gasteiger partial charge in [-0.2, -0.15) is 0 Å². The van der Waals surface area contributed by atoms with Crippen LogP contribution in [0.15, 0.2) is 24.3 Å². The van der Waals surface area contributed by atoms with Gasteiger partial charge in [0.2, 0.25) is 0 Å². The molecule has 0 aromatic carbocycles. The topological polar surface area (TPSA) is 117 Å². The zero-order chi connectivity index (χ0) is 43.7. The second-order valence-corrected chi connectivity index (χ2v) is 18.8. The van der Waals surface area contributed by atoms with Gasteiger partial charge >= 0.3 is 13.8 Å². The number of hydrogen-bond acceptors (Lipinski definition) is 7. The lowest BCUT2D eigenvalue weighted by molar-refractivity contribution is -0.154. The summed E-state index contributed by atoms with van der Waals surface area (Å²) in [4.78, 5) is 22.6. The van der Waals surface area contributed by atoms with Crippen LogP contribution in [0.25, 0.3) is 0 Å². The third-order valence-electron chi connectivity index (χ3n) is 11.3. The summed E-state index contributed by atoms with van der Waals surface area (Å²) >= 11 is 0. The Bertz CT molecular complexity index is 977. The van der Waals surface area contributed by atoms with Crippen molar-refractivity contribution in [3.8, 4) is 0 Å². The second kappa shape index (κ2) is 49.0. The molecule has 0 aromatic rings. The fraction of sp³-hybridized carbons (Fsp3) is 0.902. The van der Waals surface area contributed by atoms with Gasteiger partial charge in [0.05, 0.1) is 19.8 Å². The molecule has 0 fully saturated rings. The van der Waals surface area contributed by atoms with E-state index < -0.39 is 13.9 Å².